The van der Waals surface area contributed by atoms with Gasteiger partial charge in [0, 0.05) is 17.0 Å². The number of amides is 1. The van der Waals surface area contributed by atoms with Crippen molar-refractivity contribution in [1.82, 2.24) is 0 Å². The molecule has 136 valence electrons. The molecule has 9 heteroatoms. The zero-order valence-corrected chi connectivity index (χ0v) is 14.9. The molecule has 1 N–H and O–H groups in total. The van der Waals surface area contributed by atoms with Gasteiger partial charge in [0.05, 0.1) is 23.3 Å². The number of non-ortho nitro benzene ring substituents is 1. The second kappa shape index (κ2) is 8.86. The molecular weight excluding hydrogens is 360 g/mol. The highest BCUT2D eigenvalue weighted by molar-refractivity contribution is 7.98. The van der Waals surface area contributed by atoms with E-state index in [0.717, 1.165) is 4.90 Å². The fraction of sp³-hybridized carbons (Fsp3) is 0.176. The summed E-state index contributed by atoms with van der Waals surface area (Å²) >= 11 is 1.54. The molecule has 0 fully saturated rings. The summed E-state index contributed by atoms with van der Waals surface area (Å²) in [6.07, 6.45) is 1.92. The molecule has 0 aliphatic rings. The molecule has 8 nitrogen and oxygen atoms in total. The van der Waals surface area contributed by atoms with Crippen LogP contribution in [-0.2, 0) is 9.53 Å². The molecule has 0 spiro atoms. The topological polar surface area (TPSA) is 108 Å². The van der Waals surface area contributed by atoms with E-state index >= 15 is 0 Å². The van der Waals surface area contributed by atoms with Crippen LogP contribution in [-0.4, -0.2) is 36.8 Å². The third kappa shape index (κ3) is 4.96. The number of carbonyl (C=O) groups is 2. The van der Waals surface area contributed by atoms with E-state index in [1.54, 1.807) is 24.3 Å². The van der Waals surface area contributed by atoms with E-state index in [1.807, 2.05) is 6.26 Å². The van der Waals surface area contributed by atoms with Gasteiger partial charge in [0.2, 0.25) is 0 Å². The van der Waals surface area contributed by atoms with Crippen molar-refractivity contribution >= 4 is 35.0 Å². The minimum atomic E-state index is -0.641. The highest BCUT2D eigenvalue weighted by Crippen LogP contribution is 2.28. The molecule has 0 aromatic heterocycles. The summed E-state index contributed by atoms with van der Waals surface area (Å²) in [5.74, 6) is -1.03. The summed E-state index contributed by atoms with van der Waals surface area (Å²) in [5, 5.41) is 13.3. The standard InChI is InChI=1S/C17H16N2O6S/c1-24-15-8-5-12(19(22)23)9-14(15)18-16(20)10-25-17(21)11-3-6-13(26-2)7-4-11/h3-9H,10H2,1-2H3,(H,18,20). The molecule has 0 aliphatic heterocycles. The van der Waals surface area contributed by atoms with Gasteiger partial charge in [-0.2, -0.15) is 0 Å². The summed E-state index contributed by atoms with van der Waals surface area (Å²) in [6.45, 7) is -0.533. The molecule has 0 saturated heterocycles. The summed E-state index contributed by atoms with van der Waals surface area (Å²) in [4.78, 5) is 35.2. The molecule has 1 amide bonds. The first kappa shape index (κ1) is 19.3. The zero-order valence-electron chi connectivity index (χ0n) is 14.1. The first-order valence-electron chi connectivity index (χ1n) is 7.38. The van der Waals surface area contributed by atoms with Crippen LogP contribution in [0.3, 0.4) is 0 Å². The van der Waals surface area contributed by atoms with Gasteiger partial charge >= 0.3 is 5.97 Å². The number of rotatable bonds is 7. The predicted octanol–water partition coefficient (Wildman–Crippen LogP) is 3.12. The Balaban J connectivity index is 1.98. The number of carbonyl (C=O) groups excluding carboxylic acids is 2. The molecule has 26 heavy (non-hydrogen) atoms. The second-order valence-corrected chi connectivity index (χ2v) is 5.87. The zero-order chi connectivity index (χ0) is 19.1. The SMILES string of the molecule is COc1ccc([N+](=O)[O-])cc1NC(=O)COC(=O)c1ccc(SC)cc1. The van der Waals surface area contributed by atoms with E-state index in [-0.39, 0.29) is 17.1 Å². The molecule has 2 rings (SSSR count). The van der Waals surface area contributed by atoms with Crippen LogP contribution >= 0.6 is 11.8 Å². The number of nitrogens with one attached hydrogen (secondary N) is 1. The summed E-state index contributed by atoms with van der Waals surface area (Å²) < 4.78 is 10.0. The monoisotopic (exact) mass is 376 g/mol. The number of methoxy groups -OCH3 is 1. The molecule has 0 aliphatic carbocycles. The van der Waals surface area contributed by atoms with E-state index in [0.29, 0.717) is 5.56 Å². The number of benzene rings is 2. The van der Waals surface area contributed by atoms with Crippen molar-refractivity contribution in [2.45, 2.75) is 4.90 Å². The molecule has 0 heterocycles. The Labute approximate surface area is 153 Å². The van der Waals surface area contributed by atoms with Crippen LogP contribution in [0.5, 0.6) is 5.75 Å². The van der Waals surface area contributed by atoms with Crippen LogP contribution in [0, 0.1) is 10.1 Å². The minimum absolute atomic E-state index is 0.118. The Hall–Kier alpha value is -3.07. The van der Waals surface area contributed by atoms with Crippen LogP contribution in [0.1, 0.15) is 10.4 Å². The van der Waals surface area contributed by atoms with Gasteiger partial charge in [-0.3, -0.25) is 14.9 Å². The number of nitro benzene ring substituents is 1. The van der Waals surface area contributed by atoms with Gasteiger partial charge in [-0.15, -0.1) is 11.8 Å². The number of thioether (sulfide) groups is 1. The van der Waals surface area contributed by atoms with Gasteiger partial charge in [0.1, 0.15) is 5.75 Å². The predicted molar refractivity (Wildman–Crippen MR) is 96.8 cm³/mol. The van der Waals surface area contributed by atoms with Crippen molar-refractivity contribution < 1.29 is 24.0 Å². The van der Waals surface area contributed by atoms with Crippen LogP contribution in [0.4, 0.5) is 11.4 Å². The molecule has 2 aromatic carbocycles. The lowest BCUT2D eigenvalue weighted by atomic mass is 10.2. The van der Waals surface area contributed by atoms with Crippen LogP contribution in [0.15, 0.2) is 47.4 Å². The van der Waals surface area contributed by atoms with Crippen molar-refractivity contribution in [3.8, 4) is 5.75 Å². The first-order chi connectivity index (χ1) is 12.4. The van der Waals surface area contributed by atoms with Gasteiger partial charge < -0.3 is 14.8 Å². The van der Waals surface area contributed by atoms with Crippen molar-refractivity contribution in [2.24, 2.45) is 0 Å². The van der Waals surface area contributed by atoms with E-state index in [4.69, 9.17) is 9.47 Å². The maximum absolute atomic E-state index is 12.0. The van der Waals surface area contributed by atoms with Crippen molar-refractivity contribution in [3.05, 3.63) is 58.1 Å². The highest BCUT2D eigenvalue weighted by Gasteiger charge is 2.15. The van der Waals surface area contributed by atoms with Crippen LogP contribution < -0.4 is 10.1 Å². The number of ether oxygens (including phenoxy) is 2. The Morgan fingerprint density at radius 1 is 1.19 bits per heavy atom. The summed E-state index contributed by atoms with van der Waals surface area (Å²) in [7, 11) is 1.37. The number of hydrogen-bond donors (Lipinski definition) is 1. The molecule has 2 aromatic rings. The van der Waals surface area contributed by atoms with Gasteiger partial charge in [-0.05, 0) is 36.6 Å². The molecule has 0 radical (unpaired) electrons. The fourth-order valence-corrected chi connectivity index (χ4v) is 2.44. The molecular formula is C17H16N2O6S. The lowest BCUT2D eigenvalue weighted by Gasteiger charge is -2.10. The van der Waals surface area contributed by atoms with Gasteiger partial charge in [-0.1, -0.05) is 0 Å². The fourth-order valence-electron chi connectivity index (χ4n) is 2.04. The van der Waals surface area contributed by atoms with E-state index < -0.39 is 23.4 Å². The quantitative estimate of drug-likeness (QED) is 0.342. The maximum atomic E-state index is 12.0. The van der Waals surface area contributed by atoms with Gasteiger partial charge in [0.25, 0.3) is 11.6 Å². The highest BCUT2D eigenvalue weighted by atomic mass is 32.2. The average molecular weight is 376 g/mol. The maximum Gasteiger partial charge on any atom is 0.338 e. The summed E-state index contributed by atoms with van der Waals surface area (Å²) in [5.41, 5.74) is 0.239. The van der Waals surface area contributed by atoms with Crippen molar-refractivity contribution in [2.75, 3.05) is 25.3 Å². The van der Waals surface area contributed by atoms with Gasteiger partial charge in [-0.25, -0.2) is 4.79 Å². The lowest BCUT2D eigenvalue weighted by Crippen LogP contribution is -2.21. The lowest BCUT2D eigenvalue weighted by molar-refractivity contribution is -0.384. The van der Waals surface area contributed by atoms with Crippen LogP contribution in [0.2, 0.25) is 0 Å². The smallest absolute Gasteiger partial charge is 0.338 e. The van der Waals surface area contributed by atoms with E-state index in [9.17, 15) is 19.7 Å². The number of hydrogen-bond acceptors (Lipinski definition) is 7. The Morgan fingerprint density at radius 3 is 2.46 bits per heavy atom. The normalized spacial score (nSPS) is 10.1. The van der Waals surface area contributed by atoms with Crippen molar-refractivity contribution in [3.63, 3.8) is 0 Å². The largest absolute Gasteiger partial charge is 0.495 e. The second-order valence-electron chi connectivity index (χ2n) is 4.99. The number of anilines is 1. The van der Waals surface area contributed by atoms with Crippen molar-refractivity contribution in [1.29, 1.82) is 0 Å². The Morgan fingerprint density at radius 2 is 1.88 bits per heavy atom. The summed E-state index contributed by atoms with van der Waals surface area (Å²) in [6, 6.07) is 10.6. The van der Waals surface area contributed by atoms with E-state index in [1.165, 1.54) is 37.1 Å². The number of esters is 1. The van der Waals surface area contributed by atoms with Crippen LogP contribution in [0.25, 0.3) is 0 Å². The molecule has 0 unspecified atom stereocenters. The minimum Gasteiger partial charge on any atom is -0.495 e. The first-order valence-corrected chi connectivity index (χ1v) is 8.60. The molecule has 0 bridgehead atoms. The molecule has 0 saturated carbocycles. The third-order valence-corrected chi connectivity index (χ3v) is 4.07. The number of nitrogens with zero attached hydrogens (tertiary/aromatic N) is 1. The van der Waals surface area contributed by atoms with E-state index in [2.05, 4.69) is 5.32 Å². The van der Waals surface area contributed by atoms with Gasteiger partial charge in [0.15, 0.2) is 6.61 Å². The number of nitro groups is 1. The average Bonchev–Trinajstić information content (AvgIpc) is 2.66. The Kier molecular flexibility index (Phi) is 6.56. The Bertz CT molecular complexity index is 823. The molecule has 0 atom stereocenters. The third-order valence-electron chi connectivity index (χ3n) is 3.33.